The third kappa shape index (κ3) is 7.08. The number of alkyl halides is 3. The largest absolute Gasteiger partial charge is 0.573 e. The Morgan fingerprint density at radius 1 is 1.11 bits per heavy atom. The average molecular weight is 522 g/mol. The van der Waals surface area contributed by atoms with Crippen molar-refractivity contribution in [3.8, 4) is 11.5 Å². The molecule has 0 fully saturated rings. The van der Waals surface area contributed by atoms with Crippen LogP contribution in [0, 0.1) is 5.41 Å². The van der Waals surface area contributed by atoms with Crippen LogP contribution in [-0.4, -0.2) is 36.1 Å². The maximum absolute atomic E-state index is 12.6. The first-order valence-electron chi connectivity index (χ1n) is 12.2. The van der Waals surface area contributed by atoms with E-state index in [-0.39, 0.29) is 23.6 Å². The van der Waals surface area contributed by atoms with Crippen molar-refractivity contribution < 1.29 is 32.2 Å². The molecular formula is C27H34F3N3O4. The first-order valence-corrected chi connectivity index (χ1v) is 12.2. The molecule has 2 aromatic carbocycles. The lowest BCUT2D eigenvalue weighted by molar-refractivity contribution is -0.274. The van der Waals surface area contributed by atoms with Gasteiger partial charge in [0.1, 0.15) is 11.5 Å². The highest BCUT2D eigenvalue weighted by Crippen LogP contribution is 2.39. The van der Waals surface area contributed by atoms with Gasteiger partial charge in [-0.25, -0.2) is 4.98 Å². The molecule has 0 radical (unpaired) electrons. The maximum atomic E-state index is 12.6. The highest BCUT2D eigenvalue weighted by molar-refractivity contribution is 5.84. The molecule has 0 bridgehead atoms. The van der Waals surface area contributed by atoms with Gasteiger partial charge in [0.2, 0.25) is 5.95 Å². The van der Waals surface area contributed by atoms with Gasteiger partial charge >= 0.3 is 12.3 Å². The molecule has 0 amide bonds. The SMILES string of the molecule is CC[C@H](CC(C)(C)CC)n1c(Nc2ccc(OC(F)(F)F)cc2)nc2cc(CC(=O)OC)c(OC)cc21. The van der Waals surface area contributed by atoms with Gasteiger partial charge in [-0.1, -0.05) is 34.1 Å². The molecule has 0 unspecified atom stereocenters. The Morgan fingerprint density at radius 2 is 1.78 bits per heavy atom. The van der Waals surface area contributed by atoms with E-state index in [9.17, 15) is 18.0 Å². The molecule has 0 saturated heterocycles. The minimum atomic E-state index is -4.76. The molecule has 1 aromatic heterocycles. The van der Waals surface area contributed by atoms with Gasteiger partial charge in [0.05, 0.1) is 31.7 Å². The fourth-order valence-electron chi connectivity index (χ4n) is 4.25. The van der Waals surface area contributed by atoms with E-state index in [1.807, 2.05) is 12.1 Å². The van der Waals surface area contributed by atoms with Gasteiger partial charge in [0.15, 0.2) is 0 Å². The van der Waals surface area contributed by atoms with Crippen LogP contribution in [-0.2, 0) is 16.0 Å². The number of fused-ring (bicyclic) bond motifs is 1. The number of rotatable bonds is 11. The number of carbonyl (C=O) groups is 1. The number of nitrogens with zero attached hydrogens (tertiary/aromatic N) is 2. The van der Waals surface area contributed by atoms with Gasteiger partial charge in [-0.2, -0.15) is 0 Å². The van der Waals surface area contributed by atoms with Crippen LogP contribution in [0.3, 0.4) is 0 Å². The summed E-state index contributed by atoms with van der Waals surface area (Å²) < 4.78 is 54.2. The Kier molecular flexibility index (Phi) is 8.60. The molecule has 0 aliphatic rings. The molecule has 3 aromatic rings. The van der Waals surface area contributed by atoms with Crippen LogP contribution >= 0.6 is 0 Å². The van der Waals surface area contributed by atoms with Crippen LogP contribution in [0.15, 0.2) is 36.4 Å². The molecule has 202 valence electrons. The molecular weight excluding hydrogens is 487 g/mol. The number of hydrogen-bond donors (Lipinski definition) is 1. The number of nitrogens with one attached hydrogen (secondary N) is 1. The smallest absolute Gasteiger partial charge is 0.496 e. The standard InChI is InChI=1S/C27H34F3N3O4/c1-7-19(16-26(3,4)8-2)33-22-15-23(35-5)17(14-24(34)36-6)13-21(22)32-25(33)31-18-9-11-20(12-10-18)37-27(28,29)30/h9-13,15,19H,7-8,14,16H2,1-6H3,(H,31,32)/t19-/m1/s1. The summed E-state index contributed by atoms with van der Waals surface area (Å²) in [7, 11) is 2.88. The Morgan fingerprint density at radius 3 is 2.32 bits per heavy atom. The third-order valence-corrected chi connectivity index (χ3v) is 6.58. The van der Waals surface area contributed by atoms with Crippen molar-refractivity contribution in [2.75, 3.05) is 19.5 Å². The minimum absolute atomic E-state index is 0.0337. The lowest BCUT2D eigenvalue weighted by Gasteiger charge is -2.30. The van der Waals surface area contributed by atoms with Crippen LogP contribution in [0.4, 0.5) is 24.8 Å². The zero-order valence-electron chi connectivity index (χ0n) is 22.0. The predicted molar refractivity (Wildman–Crippen MR) is 136 cm³/mol. The molecule has 10 heteroatoms. The number of anilines is 2. The number of aromatic nitrogens is 2. The van der Waals surface area contributed by atoms with Crippen molar-refractivity contribution in [1.29, 1.82) is 0 Å². The van der Waals surface area contributed by atoms with Crippen LogP contribution in [0.2, 0.25) is 0 Å². The van der Waals surface area contributed by atoms with Gasteiger partial charge in [0, 0.05) is 23.4 Å². The summed E-state index contributed by atoms with van der Waals surface area (Å²) in [5.41, 5.74) is 2.75. The fourth-order valence-corrected chi connectivity index (χ4v) is 4.25. The molecule has 1 atom stereocenters. The average Bonchev–Trinajstić information content (AvgIpc) is 3.18. The van der Waals surface area contributed by atoms with Crippen molar-refractivity contribution in [2.24, 2.45) is 5.41 Å². The zero-order valence-corrected chi connectivity index (χ0v) is 22.0. The number of carbonyl (C=O) groups excluding carboxylic acids is 1. The number of benzene rings is 2. The van der Waals surface area contributed by atoms with Gasteiger partial charge < -0.3 is 24.1 Å². The molecule has 0 aliphatic heterocycles. The lowest BCUT2D eigenvalue weighted by atomic mass is 9.82. The van der Waals surface area contributed by atoms with E-state index in [1.54, 1.807) is 7.11 Å². The summed E-state index contributed by atoms with van der Waals surface area (Å²) >= 11 is 0. The number of methoxy groups -OCH3 is 2. The summed E-state index contributed by atoms with van der Waals surface area (Å²) in [5.74, 6) is 0.381. The second-order valence-electron chi connectivity index (χ2n) is 9.69. The molecule has 1 heterocycles. The summed E-state index contributed by atoms with van der Waals surface area (Å²) in [6, 6.07) is 9.26. The second-order valence-corrected chi connectivity index (χ2v) is 9.69. The van der Waals surface area contributed by atoms with E-state index in [0.717, 1.165) is 24.8 Å². The topological polar surface area (TPSA) is 74.6 Å². The molecule has 0 spiro atoms. The number of ether oxygens (including phenoxy) is 3. The normalized spacial score (nSPS) is 12.9. The van der Waals surface area contributed by atoms with Crippen molar-refractivity contribution in [2.45, 2.75) is 65.8 Å². The third-order valence-electron chi connectivity index (χ3n) is 6.58. The van der Waals surface area contributed by atoms with Crippen LogP contribution < -0.4 is 14.8 Å². The number of imidazole rings is 1. The Bertz CT molecular complexity index is 1220. The Hall–Kier alpha value is -3.43. The number of esters is 1. The minimum Gasteiger partial charge on any atom is -0.496 e. The van der Waals surface area contributed by atoms with Crippen LogP contribution in [0.25, 0.3) is 11.0 Å². The van der Waals surface area contributed by atoms with Crippen LogP contribution in [0.1, 0.15) is 58.6 Å². The van der Waals surface area contributed by atoms with Crippen LogP contribution in [0.5, 0.6) is 11.5 Å². The highest BCUT2D eigenvalue weighted by Gasteiger charge is 2.31. The second kappa shape index (κ2) is 11.3. The molecule has 0 saturated carbocycles. The summed E-state index contributed by atoms with van der Waals surface area (Å²) in [5, 5.41) is 3.26. The van der Waals surface area contributed by atoms with E-state index < -0.39 is 12.3 Å². The van der Waals surface area contributed by atoms with Gasteiger partial charge in [0.25, 0.3) is 0 Å². The van der Waals surface area contributed by atoms with Crippen molar-refractivity contribution in [3.63, 3.8) is 0 Å². The van der Waals surface area contributed by atoms with Gasteiger partial charge in [-0.15, -0.1) is 13.2 Å². The molecule has 3 rings (SSSR count). The van der Waals surface area contributed by atoms with E-state index in [1.165, 1.54) is 31.4 Å². The Balaban J connectivity index is 2.10. The van der Waals surface area contributed by atoms with E-state index in [4.69, 9.17) is 14.5 Å². The van der Waals surface area contributed by atoms with Gasteiger partial charge in [-0.05, 0) is 48.6 Å². The quantitative estimate of drug-likeness (QED) is 0.270. The predicted octanol–water partition coefficient (Wildman–Crippen LogP) is 7.18. The molecule has 37 heavy (non-hydrogen) atoms. The van der Waals surface area contributed by atoms with Gasteiger partial charge in [-0.3, -0.25) is 4.79 Å². The number of hydrogen-bond acceptors (Lipinski definition) is 6. The maximum Gasteiger partial charge on any atom is 0.573 e. The van der Waals surface area contributed by atoms with E-state index in [2.05, 4.69) is 42.3 Å². The van der Waals surface area contributed by atoms with Crippen molar-refractivity contribution >= 4 is 28.6 Å². The monoisotopic (exact) mass is 521 g/mol. The first-order chi connectivity index (χ1) is 17.4. The first kappa shape index (κ1) is 28.1. The summed E-state index contributed by atoms with van der Waals surface area (Å²) in [6.07, 6.45) is -2.03. The highest BCUT2D eigenvalue weighted by atomic mass is 19.4. The summed E-state index contributed by atoms with van der Waals surface area (Å²) in [6.45, 7) is 8.70. The fraction of sp³-hybridized carbons (Fsp3) is 0.481. The Labute approximate surface area is 214 Å². The molecule has 1 N–H and O–H groups in total. The van der Waals surface area contributed by atoms with E-state index >= 15 is 0 Å². The van der Waals surface area contributed by atoms with Crippen molar-refractivity contribution in [1.82, 2.24) is 9.55 Å². The molecule has 0 aliphatic carbocycles. The lowest BCUT2D eigenvalue weighted by Crippen LogP contribution is -2.20. The van der Waals surface area contributed by atoms with Crippen molar-refractivity contribution in [3.05, 3.63) is 42.0 Å². The van der Waals surface area contributed by atoms with E-state index in [0.29, 0.717) is 28.5 Å². The summed E-state index contributed by atoms with van der Waals surface area (Å²) in [4.78, 5) is 16.8. The zero-order chi connectivity index (χ0) is 27.4. The molecule has 7 nitrogen and oxygen atoms in total. The number of halogens is 3.